The summed E-state index contributed by atoms with van der Waals surface area (Å²) < 4.78 is 20.2. The van der Waals surface area contributed by atoms with Crippen molar-refractivity contribution in [2.75, 3.05) is 44.3 Å². The highest BCUT2D eigenvalue weighted by Gasteiger charge is 2.45. The van der Waals surface area contributed by atoms with E-state index in [1.807, 2.05) is 24.3 Å². The average molecular weight is 518 g/mol. The van der Waals surface area contributed by atoms with Crippen LogP contribution in [0.1, 0.15) is 5.56 Å². The van der Waals surface area contributed by atoms with Crippen molar-refractivity contribution >= 4 is 35.3 Å². The van der Waals surface area contributed by atoms with E-state index in [1.165, 1.54) is 6.33 Å². The molecule has 0 radical (unpaired) electrons. The number of carbonyl (C=O) groups is 1. The molecule has 0 aliphatic carbocycles. The van der Waals surface area contributed by atoms with Crippen LogP contribution in [0.3, 0.4) is 0 Å². The van der Waals surface area contributed by atoms with Crippen molar-refractivity contribution in [1.29, 1.82) is 0 Å². The normalized spacial score (nSPS) is 22.4. The Labute approximate surface area is 213 Å². The molecular weight excluding hydrogens is 493 g/mol. The first-order valence-corrected chi connectivity index (χ1v) is 12.1. The molecule has 2 aromatic carbocycles. The topological polar surface area (TPSA) is 82.0 Å². The Morgan fingerprint density at radius 3 is 2.60 bits per heavy atom. The summed E-state index contributed by atoms with van der Waals surface area (Å²) in [5.74, 6) is -0.404. The highest BCUT2D eigenvalue weighted by Crippen LogP contribution is 2.40. The van der Waals surface area contributed by atoms with E-state index in [4.69, 9.17) is 37.4 Å². The van der Waals surface area contributed by atoms with Gasteiger partial charge in [0.1, 0.15) is 37.7 Å². The molecule has 1 aromatic heterocycles. The largest absolute Gasteiger partial charge is 0.491 e. The van der Waals surface area contributed by atoms with E-state index in [2.05, 4.69) is 15.0 Å². The molecule has 2 unspecified atom stereocenters. The fourth-order valence-corrected chi connectivity index (χ4v) is 4.86. The lowest BCUT2D eigenvalue weighted by molar-refractivity contribution is -0.190. The molecule has 9 nitrogen and oxygen atoms in total. The van der Waals surface area contributed by atoms with Crippen molar-refractivity contribution in [3.63, 3.8) is 0 Å². The van der Waals surface area contributed by atoms with Crippen LogP contribution in [0.4, 0.5) is 5.69 Å². The van der Waals surface area contributed by atoms with Gasteiger partial charge < -0.3 is 24.0 Å². The second-order valence-corrected chi connectivity index (χ2v) is 9.30. The van der Waals surface area contributed by atoms with E-state index < -0.39 is 5.79 Å². The number of rotatable bonds is 8. The molecule has 35 heavy (non-hydrogen) atoms. The highest BCUT2D eigenvalue weighted by molar-refractivity contribution is 6.35. The van der Waals surface area contributed by atoms with Crippen molar-refractivity contribution in [3.05, 3.63) is 70.7 Å². The summed E-state index contributed by atoms with van der Waals surface area (Å²) in [6.07, 6.45) is 3.65. The van der Waals surface area contributed by atoms with Gasteiger partial charge in [0.05, 0.1) is 11.6 Å². The number of aromatic nitrogens is 3. The Morgan fingerprint density at radius 1 is 1.11 bits per heavy atom. The summed E-state index contributed by atoms with van der Waals surface area (Å²) >= 11 is 12.6. The molecule has 184 valence electrons. The molecule has 3 aromatic rings. The Balaban J connectivity index is 1.23. The molecule has 5 rings (SSSR count). The number of halogens is 2. The molecule has 11 heteroatoms. The molecule has 1 amide bonds. The van der Waals surface area contributed by atoms with Gasteiger partial charge in [-0.2, -0.15) is 5.10 Å². The second-order valence-electron chi connectivity index (χ2n) is 8.45. The predicted molar refractivity (Wildman–Crippen MR) is 131 cm³/mol. The van der Waals surface area contributed by atoms with E-state index in [-0.39, 0.29) is 12.6 Å². The minimum Gasteiger partial charge on any atom is -0.491 e. The lowest BCUT2D eigenvalue weighted by Gasteiger charge is -2.34. The number of amides is 1. The third-order valence-corrected chi connectivity index (χ3v) is 6.69. The summed E-state index contributed by atoms with van der Waals surface area (Å²) in [4.78, 5) is 19.0. The van der Waals surface area contributed by atoms with E-state index in [0.29, 0.717) is 28.8 Å². The maximum atomic E-state index is 10.9. The first kappa shape index (κ1) is 23.9. The van der Waals surface area contributed by atoms with E-state index in [9.17, 15) is 4.79 Å². The van der Waals surface area contributed by atoms with Gasteiger partial charge in [0.25, 0.3) is 0 Å². The summed E-state index contributed by atoms with van der Waals surface area (Å²) in [6, 6.07) is 13.2. The summed E-state index contributed by atoms with van der Waals surface area (Å²) in [7, 11) is 0. The molecule has 0 spiro atoms. The van der Waals surface area contributed by atoms with Crippen molar-refractivity contribution in [1.82, 2.24) is 19.7 Å². The van der Waals surface area contributed by atoms with Gasteiger partial charge in [-0.25, -0.2) is 9.67 Å². The molecule has 2 fully saturated rings. The molecule has 2 saturated heterocycles. The smallest absolute Gasteiger partial charge is 0.217 e. The Morgan fingerprint density at radius 2 is 1.91 bits per heavy atom. The standard InChI is InChI=1S/C24H25Cl2N5O4/c25-18-1-6-22(23(26)11-18)24(14-31-16-27-15-28-31)34-13-21(35-24)12-33-20-4-2-19(3-5-20)30-9-7-29(17-32)8-10-30/h1-6,11,15-17,21H,7-10,12-14H2. The van der Waals surface area contributed by atoms with Gasteiger partial charge in [0.15, 0.2) is 0 Å². The fourth-order valence-electron chi connectivity index (χ4n) is 4.31. The fraction of sp³-hybridized carbons (Fsp3) is 0.375. The van der Waals surface area contributed by atoms with Gasteiger partial charge in [-0.3, -0.25) is 4.79 Å². The summed E-state index contributed by atoms with van der Waals surface area (Å²) in [5, 5.41) is 5.17. The number of hydrogen-bond acceptors (Lipinski definition) is 7. The van der Waals surface area contributed by atoms with Crippen LogP contribution in [-0.4, -0.2) is 71.6 Å². The zero-order chi connectivity index (χ0) is 24.3. The first-order valence-electron chi connectivity index (χ1n) is 11.3. The number of ether oxygens (including phenoxy) is 3. The van der Waals surface area contributed by atoms with Gasteiger partial charge in [-0.15, -0.1) is 0 Å². The van der Waals surface area contributed by atoms with E-state index >= 15 is 0 Å². The quantitative estimate of drug-likeness (QED) is 0.424. The maximum absolute atomic E-state index is 10.9. The summed E-state index contributed by atoms with van der Waals surface area (Å²) in [5.41, 5.74) is 1.77. The molecule has 0 saturated carbocycles. The van der Waals surface area contributed by atoms with E-state index in [1.54, 1.807) is 34.1 Å². The number of carbonyl (C=O) groups excluding carboxylic acids is 1. The van der Waals surface area contributed by atoms with Gasteiger partial charge in [0, 0.05) is 42.5 Å². The van der Waals surface area contributed by atoms with Crippen molar-refractivity contribution < 1.29 is 19.0 Å². The highest BCUT2D eigenvalue weighted by atomic mass is 35.5. The van der Waals surface area contributed by atoms with Crippen LogP contribution >= 0.6 is 23.2 Å². The number of benzene rings is 2. The lowest BCUT2D eigenvalue weighted by atomic mass is 10.1. The first-order chi connectivity index (χ1) is 17.0. The molecular formula is C24H25Cl2N5O4. The average Bonchev–Trinajstić information content (AvgIpc) is 3.54. The second kappa shape index (κ2) is 10.4. The monoisotopic (exact) mass is 517 g/mol. The molecule has 0 N–H and O–H groups in total. The number of hydrogen-bond donors (Lipinski definition) is 0. The Bertz CT molecular complexity index is 1140. The third kappa shape index (κ3) is 5.38. The minimum atomic E-state index is -1.14. The van der Waals surface area contributed by atoms with Gasteiger partial charge in [0.2, 0.25) is 12.2 Å². The van der Waals surface area contributed by atoms with Crippen molar-refractivity contribution in [2.24, 2.45) is 0 Å². The van der Waals surface area contributed by atoms with Crippen LogP contribution in [0, 0.1) is 0 Å². The number of anilines is 1. The van der Waals surface area contributed by atoms with Crippen molar-refractivity contribution in [3.8, 4) is 5.75 Å². The van der Waals surface area contributed by atoms with Crippen LogP contribution in [-0.2, 0) is 26.6 Å². The number of piperazine rings is 1. The molecule has 2 atom stereocenters. The van der Waals surface area contributed by atoms with E-state index in [0.717, 1.165) is 44.0 Å². The van der Waals surface area contributed by atoms with Gasteiger partial charge in [-0.05, 0) is 36.4 Å². The third-order valence-electron chi connectivity index (χ3n) is 6.14. The van der Waals surface area contributed by atoms with Crippen LogP contribution in [0.5, 0.6) is 5.75 Å². The van der Waals surface area contributed by atoms with Crippen LogP contribution < -0.4 is 9.64 Å². The zero-order valence-corrected chi connectivity index (χ0v) is 20.4. The molecule has 2 aliphatic heterocycles. The predicted octanol–water partition coefficient (Wildman–Crippen LogP) is 3.21. The summed E-state index contributed by atoms with van der Waals surface area (Å²) in [6.45, 7) is 4.00. The SMILES string of the molecule is O=CN1CCN(c2ccc(OCC3COC(Cn4cncn4)(c4ccc(Cl)cc4Cl)O3)cc2)CC1. The molecule has 0 bridgehead atoms. The minimum absolute atomic E-state index is 0.275. The van der Waals surface area contributed by atoms with Crippen LogP contribution in [0.25, 0.3) is 0 Å². The van der Waals surface area contributed by atoms with Crippen LogP contribution in [0.2, 0.25) is 10.0 Å². The molecule has 2 aliphatic rings. The lowest BCUT2D eigenvalue weighted by Crippen LogP contribution is -2.45. The van der Waals surface area contributed by atoms with Gasteiger partial charge in [-0.1, -0.05) is 29.3 Å². The maximum Gasteiger partial charge on any atom is 0.217 e. The van der Waals surface area contributed by atoms with Gasteiger partial charge >= 0.3 is 0 Å². The molecule has 3 heterocycles. The van der Waals surface area contributed by atoms with Crippen molar-refractivity contribution in [2.45, 2.75) is 18.4 Å². The number of nitrogens with zero attached hydrogens (tertiary/aromatic N) is 5. The zero-order valence-electron chi connectivity index (χ0n) is 18.9. The van der Waals surface area contributed by atoms with Crippen LogP contribution in [0.15, 0.2) is 55.1 Å². The Hall–Kier alpha value is -2.85. The Kier molecular flexibility index (Phi) is 7.10.